The fourth-order valence-corrected chi connectivity index (χ4v) is 1.40. The van der Waals surface area contributed by atoms with E-state index in [2.05, 4.69) is 9.72 Å². The maximum absolute atomic E-state index is 11.1. The summed E-state index contributed by atoms with van der Waals surface area (Å²) in [5.74, 6) is 1.23. The van der Waals surface area contributed by atoms with Crippen LogP contribution in [0.5, 0.6) is 5.75 Å². The highest BCUT2D eigenvalue weighted by Crippen LogP contribution is 2.24. The first-order chi connectivity index (χ1) is 8.19. The van der Waals surface area contributed by atoms with Crippen molar-refractivity contribution in [2.45, 2.75) is 13.3 Å². The number of carbonyl (C=O) groups excluding carboxylic acids is 1. The zero-order valence-electron chi connectivity index (χ0n) is 10.5. The second-order valence-corrected chi connectivity index (χ2v) is 3.51. The number of carbonyl (C=O) groups is 1. The molecule has 1 aromatic rings. The van der Waals surface area contributed by atoms with E-state index in [4.69, 9.17) is 4.74 Å². The number of pyridine rings is 1. The average molecular weight is 238 g/mol. The number of aromatic nitrogens is 1. The Bertz CT molecular complexity index is 369. The minimum atomic E-state index is -0.231. The molecule has 0 bridgehead atoms. The second-order valence-electron chi connectivity index (χ2n) is 3.51. The molecule has 94 valence electrons. The summed E-state index contributed by atoms with van der Waals surface area (Å²) in [5, 5.41) is 0. The standard InChI is InChI=1S/C12H18N2O3/c1-4-17-10-6-5-8-13-12(10)14(2)9-7-11(15)16-3/h5-6,8H,4,7,9H2,1-3H3. The minimum absolute atomic E-state index is 0.231. The van der Waals surface area contributed by atoms with Crippen LogP contribution in [0.25, 0.3) is 0 Å². The van der Waals surface area contributed by atoms with Gasteiger partial charge >= 0.3 is 5.97 Å². The number of nitrogens with zero attached hydrogens (tertiary/aromatic N) is 2. The molecule has 0 unspecified atom stereocenters. The molecule has 1 heterocycles. The number of hydrogen-bond donors (Lipinski definition) is 0. The molecule has 0 spiro atoms. The molecule has 1 rings (SSSR count). The Balaban J connectivity index is 2.67. The molecule has 0 aliphatic heterocycles. The van der Waals surface area contributed by atoms with E-state index in [1.165, 1.54) is 7.11 Å². The van der Waals surface area contributed by atoms with Gasteiger partial charge in [-0.15, -0.1) is 0 Å². The normalized spacial score (nSPS) is 9.82. The number of ether oxygens (including phenoxy) is 2. The Labute approximate surface area is 101 Å². The zero-order chi connectivity index (χ0) is 12.7. The van der Waals surface area contributed by atoms with E-state index in [9.17, 15) is 4.79 Å². The summed E-state index contributed by atoms with van der Waals surface area (Å²) in [4.78, 5) is 17.2. The molecule has 0 radical (unpaired) electrons. The lowest BCUT2D eigenvalue weighted by Crippen LogP contribution is -2.23. The first kappa shape index (κ1) is 13.3. The summed E-state index contributed by atoms with van der Waals surface area (Å²) in [7, 11) is 3.25. The van der Waals surface area contributed by atoms with E-state index in [-0.39, 0.29) is 5.97 Å². The summed E-state index contributed by atoms with van der Waals surface area (Å²) in [6.07, 6.45) is 2.03. The van der Waals surface area contributed by atoms with Crippen molar-refractivity contribution in [1.29, 1.82) is 0 Å². The lowest BCUT2D eigenvalue weighted by Gasteiger charge is -2.20. The van der Waals surface area contributed by atoms with Gasteiger partial charge < -0.3 is 14.4 Å². The van der Waals surface area contributed by atoms with Gasteiger partial charge in [0.1, 0.15) is 0 Å². The van der Waals surface area contributed by atoms with Crippen LogP contribution in [0.1, 0.15) is 13.3 Å². The van der Waals surface area contributed by atoms with Crippen LogP contribution in [0.2, 0.25) is 0 Å². The van der Waals surface area contributed by atoms with Crippen molar-refractivity contribution < 1.29 is 14.3 Å². The summed E-state index contributed by atoms with van der Waals surface area (Å²) >= 11 is 0. The van der Waals surface area contributed by atoms with Crippen LogP contribution in [0.3, 0.4) is 0 Å². The van der Waals surface area contributed by atoms with E-state index < -0.39 is 0 Å². The van der Waals surface area contributed by atoms with Gasteiger partial charge in [0.05, 0.1) is 20.1 Å². The summed E-state index contributed by atoms with van der Waals surface area (Å²) < 4.78 is 10.1. The Morgan fingerprint density at radius 2 is 2.29 bits per heavy atom. The summed E-state index contributed by atoms with van der Waals surface area (Å²) in [6, 6.07) is 3.68. The fourth-order valence-electron chi connectivity index (χ4n) is 1.40. The Morgan fingerprint density at radius 3 is 2.94 bits per heavy atom. The van der Waals surface area contributed by atoms with E-state index in [1.54, 1.807) is 6.20 Å². The molecule has 0 aromatic carbocycles. The van der Waals surface area contributed by atoms with Crippen LogP contribution in [-0.2, 0) is 9.53 Å². The lowest BCUT2D eigenvalue weighted by molar-refractivity contribution is -0.140. The molecule has 0 amide bonds. The van der Waals surface area contributed by atoms with Crippen LogP contribution in [-0.4, -0.2) is 38.3 Å². The van der Waals surface area contributed by atoms with Crippen LogP contribution >= 0.6 is 0 Å². The monoisotopic (exact) mass is 238 g/mol. The van der Waals surface area contributed by atoms with E-state index in [1.807, 2.05) is 31.0 Å². The maximum atomic E-state index is 11.1. The van der Waals surface area contributed by atoms with E-state index >= 15 is 0 Å². The molecular formula is C12H18N2O3. The van der Waals surface area contributed by atoms with Crippen molar-refractivity contribution in [2.24, 2.45) is 0 Å². The largest absolute Gasteiger partial charge is 0.490 e. The number of hydrogen-bond acceptors (Lipinski definition) is 5. The summed E-state index contributed by atoms with van der Waals surface area (Å²) in [5.41, 5.74) is 0. The van der Waals surface area contributed by atoms with E-state index in [0.29, 0.717) is 19.6 Å². The number of rotatable bonds is 6. The highest BCUT2D eigenvalue weighted by molar-refractivity contribution is 5.70. The van der Waals surface area contributed by atoms with Crippen LogP contribution in [0.4, 0.5) is 5.82 Å². The van der Waals surface area contributed by atoms with Gasteiger partial charge in [-0.2, -0.15) is 0 Å². The molecular weight excluding hydrogens is 220 g/mol. The Morgan fingerprint density at radius 1 is 1.53 bits per heavy atom. The molecule has 1 aromatic heterocycles. The van der Waals surface area contributed by atoms with Gasteiger partial charge in [0.15, 0.2) is 11.6 Å². The molecule has 0 atom stereocenters. The predicted octanol–water partition coefficient (Wildman–Crippen LogP) is 1.48. The first-order valence-electron chi connectivity index (χ1n) is 5.54. The molecule has 0 saturated heterocycles. The summed E-state index contributed by atoms with van der Waals surface area (Å²) in [6.45, 7) is 3.05. The van der Waals surface area contributed by atoms with Gasteiger partial charge in [0.25, 0.3) is 0 Å². The van der Waals surface area contributed by atoms with E-state index in [0.717, 1.165) is 11.6 Å². The van der Waals surface area contributed by atoms with Gasteiger partial charge in [0.2, 0.25) is 0 Å². The topological polar surface area (TPSA) is 51.7 Å². The van der Waals surface area contributed by atoms with Crippen molar-refractivity contribution in [1.82, 2.24) is 4.98 Å². The van der Waals surface area contributed by atoms with Crippen LogP contribution in [0.15, 0.2) is 18.3 Å². The van der Waals surface area contributed by atoms with Gasteiger partial charge in [-0.05, 0) is 19.1 Å². The SMILES string of the molecule is CCOc1cccnc1N(C)CCC(=O)OC. The van der Waals surface area contributed by atoms with Crippen molar-refractivity contribution in [3.63, 3.8) is 0 Å². The van der Waals surface area contributed by atoms with Gasteiger partial charge in [-0.3, -0.25) is 4.79 Å². The van der Waals surface area contributed by atoms with Crippen molar-refractivity contribution in [3.05, 3.63) is 18.3 Å². The molecule has 0 saturated carbocycles. The molecule has 0 aliphatic carbocycles. The highest BCUT2D eigenvalue weighted by Gasteiger charge is 2.11. The van der Waals surface area contributed by atoms with Crippen molar-refractivity contribution >= 4 is 11.8 Å². The molecule has 0 aliphatic rings. The zero-order valence-corrected chi connectivity index (χ0v) is 10.5. The third kappa shape index (κ3) is 3.94. The molecule has 5 heteroatoms. The van der Waals surface area contributed by atoms with Crippen LogP contribution < -0.4 is 9.64 Å². The smallest absolute Gasteiger partial charge is 0.307 e. The predicted molar refractivity (Wildman–Crippen MR) is 65.3 cm³/mol. The highest BCUT2D eigenvalue weighted by atomic mass is 16.5. The third-order valence-corrected chi connectivity index (χ3v) is 2.29. The molecule has 17 heavy (non-hydrogen) atoms. The first-order valence-corrected chi connectivity index (χ1v) is 5.54. The lowest BCUT2D eigenvalue weighted by atomic mass is 10.3. The van der Waals surface area contributed by atoms with Crippen LogP contribution in [0, 0.1) is 0 Å². The molecule has 0 N–H and O–H groups in total. The third-order valence-electron chi connectivity index (χ3n) is 2.29. The van der Waals surface area contributed by atoms with Gasteiger partial charge in [-0.1, -0.05) is 0 Å². The Kier molecular flexibility index (Phi) is 5.26. The number of anilines is 1. The maximum Gasteiger partial charge on any atom is 0.307 e. The quantitative estimate of drug-likeness (QED) is 0.703. The average Bonchev–Trinajstić information content (AvgIpc) is 2.36. The Hall–Kier alpha value is -1.78. The van der Waals surface area contributed by atoms with Gasteiger partial charge in [-0.25, -0.2) is 4.98 Å². The van der Waals surface area contributed by atoms with Crippen molar-refractivity contribution in [2.75, 3.05) is 32.2 Å². The molecule has 5 nitrogen and oxygen atoms in total. The number of methoxy groups -OCH3 is 1. The minimum Gasteiger partial charge on any atom is -0.490 e. The molecule has 0 fully saturated rings. The number of esters is 1. The van der Waals surface area contributed by atoms with Gasteiger partial charge in [0, 0.05) is 19.8 Å². The van der Waals surface area contributed by atoms with Crippen molar-refractivity contribution in [3.8, 4) is 5.75 Å². The second kappa shape index (κ2) is 6.73. The fraction of sp³-hybridized carbons (Fsp3) is 0.500.